The average molecular weight is 746 g/mol. The van der Waals surface area contributed by atoms with Crippen LogP contribution in [0.25, 0.3) is 77.2 Å². The van der Waals surface area contributed by atoms with E-state index in [0.29, 0.717) is 0 Å². The third-order valence-corrected chi connectivity index (χ3v) is 11.5. The van der Waals surface area contributed by atoms with Crippen LogP contribution in [-0.4, -0.2) is 0 Å². The van der Waals surface area contributed by atoms with E-state index < -0.39 is 0 Å². The second-order valence-corrected chi connectivity index (χ2v) is 16.1. The fourth-order valence-electron chi connectivity index (χ4n) is 8.65. The molecule has 278 valence electrons. The molecule has 0 aliphatic heterocycles. The van der Waals surface area contributed by atoms with Crippen molar-refractivity contribution in [2.75, 3.05) is 4.90 Å². The molecule has 0 atom stereocenters. The fourth-order valence-corrected chi connectivity index (χ4v) is 8.65. The summed E-state index contributed by atoms with van der Waals surface area (Å²) in [4.78, 5) is 2.50. The molecule has 0 aliphatic rings. The second kappa shape index (κ2) is 14.4. The Hall–Kier alpha value is -7.16. The van der Waals surface area contributed by atoms with Crippen molar-refractivity contribution < 1.29 is 4.42 Å². The van der Waals surface area contributed by atoms with Crippen LogP contribution in [0.2, 0.25) is 0 Å². The molecule has 58 heavy (non-hydrogen) atoms. The number of nitrogens with zero attached hydrogens (tertiary/aromatic N) is 1. The van der Waals surface area contributed by atoms with Crippen molar-refractivity contribution >= 4 is 49.8 Å². The van der Waals surface area contributed by atoms with Crippen molar-refractivity contribution in [1.29, 1.82) is 0 Å². The molecule has 0 radical (unpaired) electrons. The van der Waals surface area contributed by atoms with Crippen LogP contribution in [0, 0.1) is 0 Å². The van der Waals surface area contributed by atoms with E-state index in [-0.39, 0.29) is 5.41 Å². The average Bonchev–Trinajstić information content (AvgIpc) is 3.66. The van der Waals surface area contributed by atoms with Crippen LogP contribution in [0.1, 0.15) is 26.3 Å². The van der Waals surface area contributed by atoms with E-state index in [0.717, 1.165) is 55.7 Å². The summed E-state index contributed by atoms with van der Waals surface area (Å²) in [6.07, 6.45) is 0. The van der Waals surface area contributed by atoms with Crippen molar-refractivity contribution in [1.82, 2.24) is 0 Å². The lowest BCUT2D eigenvalue weighted by molar-refractivity contribution is 0.590. The summed E-state index contributed by atoms with van der Waals surface area (Å²) in [5.41, 5.74) is 15.6. The molecule has 0 bridgehead atoms. The van der Waals surface area contributed by atoms with Gasteiger partial charge in [-0.3, -0.25) is 0 Å². The molecule has 2 heteroatoms. The van der Waals surface area contributed by atoms with E-state index in [4.69, 9.17) is 4.42 Å². The van der Waals surface area contributed by atoms with E-state index >= 15 is 0 Å². The molecule has 0 fully saturated rings. The van der Waals surface area contributed by atoms with Gasteiger partial charge in [0.1, 0.15) is 11.2 Å². The van der Waals surface area contributed by atoms with Crippen molar-refractivity contribution in [3.05, 3.63) is 212 Å². The summed E-state index contributed by atoms with van der Waals surface area (Å²) < 4.78 is 6.46. The Morgan fingerprint density at radius 2 is 0.845 bits per heavy atom. The highest BCUT2D eigenvalue weighted by Crippen LogP contribution is 2.51. The van der Waals surface area contributed by atoms with Gasteiger partial charge in [-0.2, -0.15) is 0 Å². The molecule has 1 aromatic heterocycles. The highest BCUT2D eigenvalue weighted by atomic mass is 16.3. The predicted octanol–water partition coefficient (Wildman–Crippen LogP) is 16.2. The Morgan fingerprint density at radius 1 is 0.362 bits per heavy atom. The SMILES string of the molecule is CC(C)(C)c1ccc(N(c2ccccc2-c2cccc3cccc(-c4ccccc4)c23)c2ccccc2-c2cccc3oc4ccccc4c23)c(-c2ccccc2)c1. The van der Waals surface area contributed by atoms with Crippen molar-refractivity contribution in [2.24, 2.45) is 0 Å². The van der Waals surface area contributed by atoms with Crippen molar-refractivity contribution in [2.45, 2.75) is 26.2 Å². The van der Waals surface area contributed by atoms with Crippen LogP contribution in [-0.2, 0) is 5.41 Å². The number of hydrogen-bond acceptors (Lipinski definition) is 2. The Bertz CT molecular complexity index is 3090. The van der Waals surface area contributed by atoms with E-state index in [2.05, 4.69) is 226 Å². The van der Waals surface area contributed by atoms with Crippen LogP contribution in [0.5, 0.6) is 0 Å². The molecular weight excluding hydrogens is 703 g/mol. The number of rotatable bonds is 7. The maximum atomic E-state index is 6.46. The monoisotopic (exact) mass is 745 g/mol. The number of furan rings is 1. The molecule has 0 saturated heterocycles. The summed E-state index contributed by atoms with van der Waals surface area (Å²) in [5, 5.41) is 4.67. The number of fused-ring (bicyclic) bond motifs is 4. The van der Waals surface area contributed by atoms with Gasteiger partial charge in [0.25, 0.3) is 0 Å². The smallest absolute Gasteiger partial charge is 0.136 e. The van der Waals surface area contributed by atoms with Crippen molar-refractivity contribution in [3.8, 4) is 44.5 Å². The van der Waals surface area contributed by atoms with Crippen LogP contribution in [0.4, 0.5) is 17.1 Å². The molecule has 0 saturated carbocycles. The van der Waals surface area contributed by atoms with Gasteiger partial charge in [0.15, 0.2) is 0 Å². The zero-order valence-electron chi connectivity index (χ0n) is 33.0. The van der Waals surface area contributed by atoms with Crippen molar-refractivity contribution in [3.63, 3.8) is 0 Å². The maximum absolute atomic E-state index is 6.46. The molecule has 1 heterocycles. The largest absolute Gasteiger partial charge is 0.456 e. The van der Waals surface area contributed by atoms with Gasteiger partial charge in [-0.15, -0.1) is 0 Å². The zero-order chi connectivity index (χ0) is 39.2. The molecule has 0 spiro atoms. The zero-order valence-corrected chi connectivity index (χ0v) is 33.0. The first-order valence-electron chi connectivity index (χ1n) is 20.1. The standard InChI is InChI=1S/C56H43NO/c1-56(2,3)41-35-36-51(48(37-41)39-21-8-5-9-22-39)57(50-32-14-11-26-44(50)46-30-18-34-53-55(46)47-27-12-15-33-52(47)58-53)49-31-13-10-25-43(49)45-29-17-24-40-23-16-28-42(54(40)45)38-19-6-4-7-20-38/h4-37H,1-3H3. The Balaban J connectivity index is 1.31. The molecule has 9 aromatic carbocycles. The van der Waals surface area contributed by atoms with Gasteiger partial charge in [0.2, 0.25) is 0 Å². The Kier molecular flexibility index (Phi) is 8.76. The first kappa shape index (κ1) is 35.3. The Labute approximate surface area is 340 Å². The van der Waals surface area contributed by atoms with Gasteiger partial charge in [0.05, 0.1) is 17.1 Å². The highest BCUT2D eigenvalue weighted by Gasteiger charge is 2.26. The Morgan fingerprint density at radius 3 is 1.50 bits per heavy atom. The minimum atomic E-state index is -0.0442. The summed E-state index contributed by atoms with van der Waals surface area (Å²) in [6, 6.07) is 74.6. The quantitative estimate of drug-likeness (QED) is 0.162. The molecule has 0 aliphatic carbocycles. The number of benzene rings is 9. The van der Waals surface area contributed by atoms with Gasteiger partial charge in [-0.1, -0.05) is 191 Å². The summed E-state index contributed by atoms with van der Waals surface area (Å²) >= 11 is 0. The lowest BCUT2D eigenvalue weighted by Gasteiger charge is -2.33. The van der Waals surface area contributed by atoms with Gasteiger partial charge < -0.3 is 9.32 Å². The van der Waals surface area contributed by atoms with E-state index in [1.54, 1.807) is 0 Å². The first-order chi connectivity index (χ1) is 28.4. The molecule has 0 unspecified atom stereocenters. The van der Waals surface area contributed by atoms with E-state index in [9.17, 15) is 0 Å². The number of hydrogen-bond donors (Lipinski definition) is 0. The van der Waals surface area contributed by atoms with Crippen LogP contribution >= 0.6 is 0 Å². The minimum absolute atomic E-state index is 0.0442. The topological polar surface area (TPSA) is 16.4 Å². The summed E-state index contributed by atoms with van der Waals surface area (Å²) in [7, 11) is 0. The molecule has 0 amide bonds. The number of anilines is 3. The highest BCUT2D eigenvalue weighted by molar-refractivity contribution is 6.15. The molecule has 10 aromatic rings. The molecular formula is C56H43NO. The van der Waals surface area contributed by atoms with Crippen LogP contribution in [0.3, 0.4) is 0 Å². The number of para-hydroxylation sites is 3. The summed E-state index contributed by atoms with van der Waals surface area (Å²) in [6.45, 7) is 6.87. The minimum Gasteiger partial charge on any atom is -0.456 e. The van der Waals surface area contributed by atoms with Crippen LogP contribution in [0.15, 0.2) is 211 Å². The predicted molar refractivity (Wildman–Crippen MR) is 246 cm³/mol. The van der Waals surface area contributed by atoms with Crippen LogP contribution < -0.4 is 4.90 Å². The van der Waals surface area contributed by atoms with Gasteiger partial charge in [-0.05, 0) is 86.0 Å². The molecule has 10 rings (SSSR count). The third kappa shape index (κ3) is 6.15. The first-order valence-corrected chi connectivity index (χ1v) is 20.1. The molecule has 0 N–H and O–H groups in total. The lowest BCUT2D eigenvalue weighted by atomic mass is 9.84. The fraction of sp³-hybridized carbons (Fsp3) is 0.0714. The normalized spacial score (nSPS) is 11.7. The molecule has 2 nitrogen and oxygen atoms in total. The van der Waals surface area contributed by atoms with Gasteiger partial charge >= 0.3 is 0 Å². The lowest BCUT2D eigenvalue weighted by Crippen LogP contribution is -2.16. The van der Waals surface area contributed by atoms with Gasteiger partial charge in [-0.25, -0.2) is 0 Å². The van der Waals surface area contributed by atoms with Gasteiger partial charge in [0, 0.05) is 27.5 Å². The summed E-state index contributed by atoms with van der Waals surface area (Å²) in [5.74, 6) is 0. The maximum Gasteiger partial charge on any atom is 0.136 e. The van der Waals surface area contributed by atoms with E-state index in [1.165, 1.54) is 44.2 Å². The van der Waals surface area contributed by atoms with E-state index in [1.807, 2.05) is 6.07 Å². The second-order valence-electron chi connectivity index (χ2n) is 16.1. The third-order valence-electron chi connectivity index (χ3n) is 11.5.